The number of hydrogen-bond acceptors (Lipinski definition) is 3. The van der Waals surface area contributed by atoms with E-state index in [1.807, 2.05) is 18.5 Å². The number of aromatic nitrogens is 1. The van der Waals surface area contributed by atoms with Crippen molar-refractivity contribution in [2.45, 2.75) is 52.1 Å². The summed E-state index contributed by atoms with van der Waals surface area (Å²) in [5.74, 6) is 0. The summed E-state index contributed by atoms with van der Waals surface area (Å²) in [6.45, 7) is 7.80. The summed E-state index contributed by atoms with van der Waals surface area (Å²) in [7, 11) is 2.19. The first-order valence-electron chi connectivity index (χ1n) is 7.53. The Labute approximate surface area is 118 Å². The molecule has 19 heavy (non-hydrogen) atoms. The molecule has 0 aromatic carbocycles. The predicted octanol–water partition coefficient (Wildman–Crippen LogP) is 3.07. The van der Waals surface area contributed by atoms with E-state index >= 15 is 0 Å². The van der Waals surface area contributed by atoms with Gasteiger partial charge in [0.05, 0.1) is 0 Å². The number of nitrogens with zero attached hydrogens (tertiary/aromatic N) is 2. The zero-order chi connectivity index (χ0) is 13.9. The van der Waals surface area contributed by atoms with E-state index in [-0.39, 0.29) is 0 Å². The fourth-order valence-electron chi connectivity index (χ4n) is 2.21. The van der Waals surface area contributed by atoms with Crippen LogP contribution in [0.5, 0.6) is 0 Å². The Morgan fingerprint density at radius 1 is 1.37 bits per heavy atom. The highest BCUT2D eigenvalue weighted by Gasteiger charge is 2.02. The van der Waals surface area contributed by atoms with Crippen molar-refractivity contribution in [3.63, 3.8) is 0 Å². The first-order valence-corrected chi connectivity index (χ1v) is 7.53. The summed E-state index contributed by atoms with van der Waals surface area (Å²) in [6, 6.07) is 4.80. The molecule has 0 bridgehead atoms. The fraction of sp³-hybridized carbons (Fsp3) is 0.688. The van der Waals surface area contributed by atoms with Gasteiger partial charge in [0.15, 0.2) is 0 Å². The first kappa shape index (κ1) is 16.1. The van der Waals surface area contributed by atoms with E-state index in [4.69, 9.17) is 0 Å². The maximum Gasteiger partial charge on any atom is 0.0312 e. The van der Waals surface area contributed by atoms with Crippen molar-refractivity contribution in [2.24, 2.45) is 0 Å². The lowest BCUT2D eigenvalue weighted by atomic mass is 10.1. The van der Waals surface area contributed by atoms with Crippen LogP contribution in [0, 0.1) is 0 Å². The quantitative estimate of drug-likeness (QED) is 0.658. The Hall–Kier alpha value is -0.930. The lowest BCUT2D eigenvalue weighted by Crippen LogP contribution is -2.27. The van der Waals surface area contributed by atoms with Gasteiger partial charge < -0.3 is 10.2 Å². The Morgan fingerprint density at radius 3 is 2.89 bits per heavy atom. The lowest BCUT2D eigenvalue weighted by molar-refractivity contribution is 0.313. The molecular formula is C16H29N3. The minimum absolute atomic E-state index is 0.656. The van der Waals surface area contributed by atoms with Crippen molar-refractivity contribution >= 4 is 0 Å². The van der Waals surface area contributed by atoms with Crippen molar-refractivity contribution in [1.29, 1.82) is 0 Å². The van der Waals surface area contributed by atoms with E-state index in [1.54, 1.807) is 0 Å². The highest BCUT2D eigenvalue weighted by Crippen LogP contribution is 2.05. The molecule has 3 heteroatoms. The summed E-state index contributed by atoms with van der Waals surface area (Å²) in [6.07, 6.45) is 8.85. The molecule has 0 saturated heterocycles. The van der Waals surface area contributed by atoms with Crippen LogP contribution in [0.2, 0.25) is 0 Å². The first-order chi connectivity index (χ1) is 9.22. The number of unbranched alkanes of at least 4 members (excludes halogenated alkanes) is 1. The third-order valence-corrected chi connectivity index (χ3v) is 3.35. The minimum atomic E-state index is 0.656. The molecule has 1 unspecified atom stereocenters. The summed E-state index contributed by atoms with van der Waals surface area (Å²) >= 11 is 0. The SMILES string of the molecule is CCCNC(C)CCCCN(C)Cc1cccnc1. The van der Waals surface area contributed by atoms with E-state index in [0.29, 0.717) is 6.04 Å². The van der Waals surface area contributed by atoms with Crippen LogP contribution in [-0.2, 0) is 6.54 Å². The molecule has 1 aromatic rings. The summed E-state index contributed by atoms with van der Waals surface area (Å²) in [5.41, 5.74) is 1.29. The molecule has 0 aliphatic rings. The molecule has 0 spiro atoms. The van der Waals surface area contributed by atoms with Gasteiger partial charge in [0.2, 0.25) is 0 Å². The van der Waals surface area contributed by atoms with E-state index in [9.17, 15) is 0 Å². The summed E-state index contributed by atoms with van der Waals surface area (Å²) in [4.78, 5) is 6.53. The maximum atomic E-state index is 4.15. The van der Waals surface area contributed by atoms with Crippen LogP contribution in [0.25, 0.3) is 0 Å². The van der Waals surface area contributed by atoms with E-state index in [2.05, 4.69) is 42.2 Å². The maximum absolute atomic E-state index is 4.15. The predicted molar refractivity (Wildman–Crippen MR) is 82.2 cm³/mol. The standard InChI is InChI=1S/C16H29N3/c1-4-10-18-15(2)8-5-6-12-19(3)14-16-9-7-11-17-13-16/h7,9,11,13,15,18H,4-6,8,10,12,14H2,1-3H3. The van der Waals surface area contributed by atoms with Crippen LogP contribution in [-0.4, -0.2) is 36.1 Å². The molecular weight excluding hydrogens is 234 g/mol. The van der Waals surface area contributed by atoms with E-state index in [1.165, 1.54) is 31.2 Å². The van der Waals surface area contributed by atoms with Crippen LogP contribution in [0.15, 0.2) is 24.5 Å². The van der Waals surface area contributed by atoms with Crippen molar-refractivity contribution in [1.82, 2.24) is 15.2 Å². The molecule has 0 fully saturated rings. The molecule has 1 aromatic heterocycles. The van der Waals surface area contributed by atoms with Crippen LogP contribution in [0.4, 0.5) is 0 Å². The van der Waals surface area contributed by atoms with Crippen molar-refractivity contribution in [3.8, 4) is 0 Å². The topological polar surface area (TPSA) is 28.2 Å². The molecule has 0 radical (unpaired) electrons. The van der Waals surface area contributed by atoms with Gasteiger partial charge >= 0.3 is 0 Å². The van der Waals surface area contributed by atoms with Gasteiger partial charge in [-0.3, -0.25) is 4.98 Å². The van der Waals surface area contributed by atoms with Crippen LogP contribution >= 0.6 is 0 Å². The summed E-state index contributed by atoms with van der Waals surface area (Å²) in [5, 5.41) is 3.54. The third-order valence-electron chi connectivity index (χ3n) is 3.35. The van der Waals surface area contributed by atoms with Crippen molar-refractivity contribution in [3.05, 3.63) is 30.1 Å². The molecule has 0 saturated carbocycles. The zero-order valence-corrected chi connectivity index (χ0v) is 12.7. The van der Waals surface area contributed by atoms with Crippen molar-refractivity contribution in [2.75, 3.05) is 20.1 Å². The van der Waals surface area contributed by atoms with Crippen molar-refractivity contribution < 1.29 is 0 Å². The monoisotopic (exact) mass is 263 g/mol. The van der Waals surface area contributed by atoms with Crippen LogP contribution in [0.3, 0.4) is 0 Å². The van der Waals surface area contributed by atoms with Crippen LogP contribution in [0.1, 0.15) is 45.1 Å². The summed E-state index contributed by atoms with van der Waals surface area (Å²) < 4.78 is 0. The van der Waals surface area contributed by atoms with Crippen LogP contribution < -0.4 is 5.32 Å². The van der Waals surface area contributed by atoms with Gasteiger partial charge in [-0.15, -0.1) is 0 Å². The second-order valence-corrected chi connectivity index (χ2v) is 5.45. The molecule has 1 rings (SSSR count). The van der Waals surface area contributed by atoms with Gasteiger partial charge in [0.1, 0.15) is 0 Å². The van der Waals surface area contributed by atoms with Gasteiger partial charge in [-0.05, 0) is 58.0 Å². The highest BCUT2D eigenvalue weighted by molar-refractivity contribution is 5.07. The molecule has 0 amide bonds. The Morgan fingerprint density at radius 2 is 2.21 bits per heavy atom. The Kier molecular flexibility index (Phi) is 8.43. The third kappa shape index (κ3) is 7.96. The largest absolute Gasteiger partial charge is 0.314 e. The average molecular weight is 263 g/mol. The minimum Gasteiger partial charge on any atom is -0.314 e. The second kappa shape index (κ2) is 9.93. The molecule has 0 aliphatic heterocycles. The Bertz CT molecular complexity index is 313. The molecule has 108 valence electrons. The van der Waals surface area contributed by atoms with E-state index < -0.39 is 0 Å². The smallest absolute Gasteiger partial charge is 0.0312 e. The van der Waals surface area contributed by atoms with Gasteiger partial charge in [-0.25, -0.2) is 0 Å². The molecule has 1 atom stereocenters. The number of nitrogens with one attached hydrogen (secondary N) is 1. The second-order valence-electron chi connectivity index (χ2n) is 5.45. The average Bonchev–Trinajstić information content (AvgIpc) is 2.42. The molecule has 1 N–H and O–H groups in total. The van der Waals surface area contributed by atoms with Gasteiger partial charge in [0, 0.05) is 25.0 Å². The number of rotatable bonds is 10. The molecule has 1 heterocycles. The normalized spacial score (nSPS) is 12.8. The van der Waals surface area contributed by atoms with Gasteiger partial charge in [-0.1, -0.05) is 19.4 Å². The Balaban J connectivity index is 2.06. The number of pyridine rings is 1. The zero-order valence-electron chi connectivity index (χ0n) is 12.7. The van der Waals surface area contributed by atoms with Gasteiger partial charge in [-0.2, -0.15) is 0 Å². The van der Waals surface area contributed by atoms with Gasteiger partial charge in [0.25, 0.3) is 0 Å². The fourth-order valence-corrected chi connectivity index (χ4v) is 2.21. The molecule has 0 aliphatic carbocycles. The van der Waals surface area contributed by atoms with E-state index in [0.717, 1.165) is 19.6 Å². The highest BCUT2D eigenvalue weighted by atomic mass is 15.1. The number of hydrogen-bond donors (Lipinski definition) is 1. The lowest BCUT2D eigenvalue weighted by Gasteiger charge is -2.17. The molecule has 3 nitrogen and oxygen atoms in total.